The van der Waals surface area contributed by atoms with Crippen LogP contribution >= 0.6 is 12.4 Å². The van der Waals surface area contributed by atoms with Gasteiger partial charge in [-0.15, -0.1) is 12.4 Å². The second kappa shape index (κ2) is 5.14. The van der Waals surface area contributed by atoms with Crippen LogP contribution < -0.4 is 5.32 Å². The van der Waals surface area contributed by atoms with Gasteiger partial charge in [0.25, 0.3) is 0 Å². The van der Waals surface area contributed by atoms with Crippen LogP contribution in [-0.4, -0.2) is 38.9 Å². The number of carbonyl (C=O) groups excluding carboxylic acids is 1. The Morgan fingerprint density at radius 3 is 3.20 bits per heavy atom. The molecule has 0 aliphatic carbocycles. The highest BCUT2D eigenvalue weighted by molar-refractivity contribution is 5.85. The van der Waals surface area contributed by atoms with Crippen molar-refractivity contribution < 1.29 is 14.3 Å². The van der Waals surface area contributed by atoms with Crippen molar-refractivity contribution in [2.45, 2.75) is 13.3 Å². The molecule has 5 heteroatoms. The molecule has 2 aliphatic heterocycles. The molecular weight excluding hydrogens is 218 g/mol. The summed E-state index contributed by atoms with van der Waals surface area (Å²) in [5.41, 5.74) is -0.395. The number of hydrogen-bond donors (Lipinski definition) is 1. The van der Waals surface area contributed by atoms with Crippen molar-refractivity contribution in [3.63, 3.8) is 0 Å². The molecule has 0 aromatic rings. The van der Waals surface area contributed by atoms with Gasteiger partial charge in [0.15, 0.2) is 0 Å². The summed E-state index contributed by atoms with van der Waals surface area (Å²) in [4.78, 5) is 11.9. The summed E-state index contributed by atoms with van der Waals surface area (Å²) >= 11 is 0. The predicted octanol–water partition coefficient (Wildman–Crippen LogP) is 0.597. The molecule has 2 atom stereocenters. The van der Waals surface area contributed by atoms with Crippen LogP contribution in [0.2, 0.25) is 0 Å². The lowest BCUT2D eigenvalue weighted by Crippen LogP contribution is -2.47. The zero-order valence-electron chi connectivity index (χ0n) is 8.95. The minimum atomic E-state index is -0.395. The van der Waals surface area contributed by atoms with E-state index in [4.69, 9.17) is 9.47 Å². The topological polar surface area (TPSA) is 47.6 Å². The molecule has 0 aromatic heterocycles. The zero-order valence-corrected chi connectivity index (χ0v) is 9.77. The molecule has 0 amide bonds. The Kier molecular flexibility index (Phi) is 4.37. The number of rotatable bonds is 2. The van der Waals surface area contributed by atoms with Crippen LogP contribution in [0.4, 0.5) is 0 Å². The minimum absolute atomic E-state index is 0. The van der Waals surface area contributed by atoms with Gasteiger partial charge in [-0.2, -0.15) is 0 Å². The van der Waals surface area contributed by atoms with E-state index in [0.717, 1.165) is 19.6 Å². The summed E-state index contributed by atoms with van der Waals surface area (Å²) in [5, 5.41) is 3.26. The van der Waals surface area contributed by atoms with Gasteiger partial charge >= 0.3 is 5.97 Å². The van der Waals surface area contributed by atoms with Crippen molar-refractivity contribution in [3.05, 3.63) is 0 Å². The van der Waals surface area contributed by atoms with E-state index in [0.29, 0.717) is 25.7 Å². The summed E-state index contributed by atoms with van der Waals surface area (Å²) in [7, 11) is 0. The number of fused-ring (bicyclic) bond motifs is 1. The van der Waals surface area contributed by atoms with E-state index in [9.17, 15) is 4.79 Å². The van der Waals surface area contributed by atoms with E-state index < -0.39 is 5.41 Å². The molecule has 15 heavy (non-hydrogen) atoms. The molecule has 2 fully saturated rings. The molecular formula is C10H18ClNO3. The fourth-order valence-electron chi connectivity index (χ4n) is 2.41. The molecule has 0 unspecified atom stereocenters. The lowest BCUT2D eigenvalue weighted by molar-refractivity contribution is -0.165. The molecule has 88 valence electrons. The van der Waals surface area contributed by atoms with E-state index in [1.807, 2.05) is 6.92 Å². The zero-order chi connectivity index (χ0) is 10.0. The lowest BCUT2D eigenvalue weighted by atomic mass is 9.76. The van der Waals surface area contributed by atoms with Crippen LogP contribution in [0, 0.1) is 11.3 Å². The average molecular weight is 236 g/mol. The number of hydrogen-bond acceptors (Lipinski definition) is 4. The molecule has 2 saturated heterocycles. The molecule has 2 rings (SSSR count). The van der Waals surface area contributed by atoms with Crippen LogP contribution in [0.15, 0.2) is 0 Å². The summed E-state index contributed by atoms with van der Waals surface area (Å²) in [6.07, 6.45) is 0.964. The van der Waals surface area contributed by atoms with Gasteiger partial charge < -0.3 is 14.8 Å². The Labute approximate surface area is 96.1 Å². The molecule has 0 spiro atoms. The Morgan fingerprint density at radius 2 is 2.47 bits per heavy atom. The molecule has 4 nitrogen and oxygen atoms in total. The van der Waals surface area contributed by atoms with E-state index >= 15 is 0 Å². The van der Waals surface area contributed by atoms with Crippen molar-refractivity contribution in [1.82, 2.24) is 5.32 Å². The minimum Gasteiger partial charge on any atom is -0.465 e. The summed E-state index contributed by atoms with van der Waals surface area (Å²) < 4.78 is 10.5. The Morgan fingerprint density at radius 1 is 1.67 bits per heavy atom. The number of carbonyl (C=O) groups is 1. The van der Waals surface area contributed by atoms with Crippen molar-refractivity contribution in [2.75, 3.05) is 32.9 Å². The largest absolute Gasteiger partial charge is 0.465 e. The van der Waals surface area contributed by atoms with Crippen LogP contribution in [0.1, 0.15) is 13.3 Å². The highest BCUT2D eigenvalue weighted by Crippen LogP contribution is 2.38. The molecule has 0 aromatic carbocycles. The maximum atomic E-state index is 11.9. The third kappa shape index (κ3) is 2.12. The highest BCUT2D eigenvalue weighted by Gasteiger charge is 2.52. The Hall–Kier alpha value is -0.320. The fourth-order valence-corrected chi connectivity index (χ4v) is 2.41. The fraction of sp³-hybridized carbons (Fsp3) is 0.900. The maximum absolute atomic E-state index is 11.9. The standard InChI is InChI=1S/C10H17NO3.ClH/c1-2-14-9(12)10-6-11-5-8(10)3-4-13-7-10;/h8,11H,2-7H2,1H3;1H/t8-,10+;/m1./s1. The van der Waals surface area contributed by atoms with E-state index in [1.54, 1.807) is 0 Å². The maximum Gasteiger partial charge on any atom is 0.316 e. The van der Waals surface area contributed by atoms with Crippen molar-refractivity contribution in [1.29, 1.82) is 0 Å². The molecule has 0 saturated carbocycles. The SMILES string of the molecule is CCOC(=O)[C@]12CNC[C@H]1CCOC2.Cl. The second-order valence-corrected chi connectivity index (χ2v) is 4.05. The van der Waals surface area contributed by atoms with Gasteiger partial charge in [0.2, 0.25) is 0 Å². The molecule has 2 aliphatic rings. The third-order valence-electron chi connectivity index (χ3n) is 3.26. The third-order valence-corrected chi connectivity index (χ3v) is 3.26. The van der Waals surface area contributed by atoms with Gasteiger partial charge in [0, 0.05) is 13.2 Å². The summed E-state index contributed by atoms with van der Waals surface area (Å²) in [6.45, 7) is 5.21. The second-order valence-electron chi connectivity index (χ2n) is 4.05. The smallest absolute Gasteiger partial charge is 0.316 e. The number of halogens is 1. The van der Waals surface area contributed by atoms with Gasteiger partial charge in [0.05, 0.1) is 13.2 Å². The highest BCUT2D eigenvalue weighted by atomic mass is 35.5. The number of ether oxygens (including phenoxy) is 2. The summed E-state index contributed by atoms with van der Waals surface area (Å²) in [5.74, 6) is 0.310. The van der Waals surface area contributed by atoms with Crippen LogP contribution in [0.5, 0.6) is 0 Å². The van der Waals surface area contributed by atoms with Gasteiger partial charge in [-0.3, -0.25) is 4.79 Å². The van der Waals surface area contributed by atoms with Gasteiger partial charge in [-0.05, 0) is 25.8 Å². The average Bonchev–Trinajstić information content (AvgIpc) is 2.62. The van der Waals surface area contributed by atoms with Crippen molar-refractivity contribution >= 4 is 18.4 Å². The van der Waals surface area contributed by atoms with E-state index in [1.165, 1.54) is 0 Å². The van der Waals surface area contributed by atoms with Crippen LogP contribution in [-0.2, 0) is 14.3 Å². The van der Waals surface area contributed by atoms with Gasteiger partial charge in [0.1, 0.15) is 5.41 Å². The first-order valence-electron chi connectivity index (χ1n) is 5.25. The number of esters is 1. The molecule has 2 heterocycles. The predicted molar refractivity (Wildman–Crippen MR) is 58.1 cm³/mol. The summed E-state index contributed by atoms with van der Waals surface area (Å²) in [6, 6.07) is 0. The van der Waals surface area contributed by atoms with Crippen molar-refractivity contribution in [2.24, 2.45) is 11.3 Å². The number of nitrogens with one attached hydrogen (secondary N) is 1. The molecule has 1 N–H and O–H groups in total. The molecule has 0 bridgehead atoms. The van der Waals surface area contributed by atoms with Gasteiger partial charge in [-0.1, -0.05) is 0 Å². The monoisotopic (exact) mass is 235 g/mol. The van der Waals surface area contributed by atoms with Gasteiger partial charge in [-0.25, -0.2) is 0 Å². The van der Waals surface area contributed by atoms with E-state index in [-0.39, 0.29) is 18.4 Å². The van der Waals surface area contributed by atoms with E-state index in [2.05, 4.69) is 5.32 Å². The normalized spacial score (nSPS) is 34.1. The van der Waals surface area contributed by atoms with Crippen molar-refractivity contribution in [3.8, 4) is 0 Å². The first-order chi connectivity index (χ1) is 6.79. The Balaban J connectivity index is 0.00000112. The molecule has 0 radical (unpaired) electrons. The first kappa shape index (κ1) is 12.7. The Bertz CT molecular complexity index is 237. The lowest BCUT2D eigenvalue weighted by Gasteiger charge is -2.35. The van der Waals surface area contributed by atoms with Crippen LogP contribution in [0.3, 0.4) is 0 Å². The quantitative estimate of drug-likeness (QED) is 0.712. The van der Waals surface area contributed by atoms with Crippen LogP contribution in [0.25, 0.3) is 0 Å². The first-order valence-corrected chi connectivity index (χ1v) is 5.25.